The number of halogens is 1. The van der Waals surface area contributed by atoms with E-state index < -0.39 is 5.82 Å². The van der Waals surface area contributed by atoms with Crippen LogP contribution in [0, 0.1) is 18.7 Å². The van der Waals surface area contributed by atoms with Crippen molar-refractivity contribution >= 4 is 11.6 Å². The molecule has 0 unspecified atom stereocenters. The molecule has 3 rings (SSSR count). The highest BCUT2D eigenvalue weighted by Crippen LogP contribution is 2.21. The van der Waals surface area contributed by atoms with Gasteiger partial charge in [-0.25, -0.2) is 4.39 Å². The summed E-state index contributed by atoms with van der Waals surface area (Å²) in [5.74, 6) is 0.764. The number of para-hydroxylation sites is 1. The number of piperidine rings is 1. The molecule has 0 atom stereocenters. The third kappa shape index (κ3) is 5.02. The van der Waals surface area contributed by atoms with E-state index in [1.165, 1.54) is 6.07 Å². The Morgan fingerprint density at radius 1 is 1.31 bits per heavy atom. The molecule has 0 spiro atoms. The first-order chi connectivity index (χ1) is 12.6. The smallest absolute Gasteiger partial charge is 0.238 e. The molecule has 1 aromatic heterocycles. The number of nitrogens with one attached hydrogen (secondary N) is 1. The summed E-state index contributed by atoms with van der Waals surface area (Å²) in [6.45, 7) is 4.63. The van der Waals surface area contributed by atoms with Crippen LogP contribution in [0.15, 0.2) is 42.7 Å². The van der Waals surface area contributed by atoms with Gasteiger partial charge in [0.15, 0.2) is 0 Å². The molecule has 138 valence electrons. The van der Waals surface area contributed by atoms with Gasteiger partial charge in [0.1, 0.15) is 11.6 Å². The van der Waals surface area contributed by atoms with Crippen molar-refractivity contribution in [3.8, 4) is 5.75 Å². The highest BCUT2D eigenvalue weighted by molar-refractivity contribution is 5.92. The van der Waals surface area contributed by atoms with Crippen LogP contribution < -0.4 is 10.1 Å². The van der Waals surface area contributed by atoms with Crippen LogP contribution >= 0.6 is 0 Å². The van der Waals surface area contributed by atoms with E-state index in [0.29, 0.717) is 12.5 Å². The Balaban J connectivity index is 1.40. The van der Waals surface area contributed by atoms with Crippen LogP contribution in [-0.2, 0) is 4.79 Å². The van der Waals surface area contributed by atoms with Crippen molar-refractivity contribution in [3.05, 3.63) is 54.1 Å². The fraction of sp³-hybridized carbons (Fsp3) is 0.400. The number of hydrogen-bond acceptors (Lipinski definition) is 4. The van der Waals surface area contributed by atoms with Gasteiger partial charge < -0.3 is 10.1 Å². The van der Waals surface area contributed by atoms with Crippen molar-refractivity contribution in [2.24, 2.45) is 5.92 Å². The maximum absolute atomic E-state index is 13.6. The lowest BCUT2D eigenvalue weighted by molar-refractivity contribution is -0.117. The van der Waals surface area contributed by atoms with Crippen molar-refractivity contribution in [3.63, 3.8) is 0 Å². The second-order valence-corrected chi connectivity index (χ2v) is 6.70. The fourth-order valence-corrected chi connectivity index (χ4v) is 3.10. The molecular formula is C20H24FN3O2. The maximum atomic E-state index is 13.6. The number of carbonyl (C=O) groups excluding carboxylic acids is 1. The quantitative estimate of drug-likeness (QED) is 0.862. The Bertz CT molecular complexity index is 745. The number of ether oxygens (including phenoxy) is 1. The lowest BCUT2D eigenvalue weighted by Gasteiger charge is -2.31. The van der Waals surface area contributed by atoms with Crippen molar-refractivity contribution < 1.29 is 13.9 Å². The normalized spacial score (nSPS) is 15.6. The molecule has 1 aliphatic heterocycles. The Kier molecular flexibility index (Phi) is 6.17. The molecule has 1 aromatic carbocycles. The standard InChI is InChI=1S/C20H24FN3O2/c1-15-12-22-9-6-19(15)26-14-16-7-10-24(11-8-16)13-20(25)23-18-5-3-2-4-17(18)21/h2-6,9,12,16H,7-8,10-11,13-14H2,1H3,(H,23,25). The van der Waals surface area contributed by atoms with E-state index in [4.69, 9.17) is 4.74 Å². The molecule has 0 radical (unpaired) electrons. The van der Waals surface area contributed by atoms with Gasteiger partial charge in [-0.3, -0.25) is 14.7 Å². The molecular weight excluding hydrogens is 333 g/mol. The minimum absolute atomic E-state index is 0.183. The second kappa shape index (κ2) is 8.76. The molecule has 1 aliphatic rings. The number of aromatic nitrogens is 1. The van der Waals surface area contributed by atoms with Gasteiger partial charge >= 0.3 is 0 Å². The third-order valence-electron chi connectivity index (χ3n) is 4.67. The first kappa shape index (κ1) is 18.3. The van der Waals surface area contributed by atoms with Gasteiger partial charge in [0, 0.05) is 18.0 Å². The zero-order valence-corrected chi connectivity index (χ0v) is 15.0. The fourth-order valence-electron chi connectivity index (χ4n) is 3.10. The number of hydrogen-bond donors (Lipinski definition) is 1. The highest BCUT2D eigenvalue weighted by atomic mass is 19.1. The topological polar surface area (TPSA) is 54.5 Å². The largest absolute Gasteiger partial charge is 0.493 e. The average molecular weight is 357 g/mol. The predicted octanol–water partition coefficient (Wildman–Crippen LogP) is 3.26. The summed E-state index contributed by atoms with van der Waals surface area (Å²) in [5, 5.41) is 2.64. The van der Waals surface area contributed by atoms with Crippen molar-refractivity contribution in [2.75, 3.05) is 31.6 Å². The van der Waals surface area contributed by atoms with Crippen LogP contribution in [0.1, 0.15) is 18.4 Å². The molecule has 26 heavy (non-hydrogen) atoms. The van der Waals surface area contributed by atoms with E-state index in [1.54, 1.807) is 30.6 Å². The molecule has 6 heteroatoms. The molecule has 0 aliphatic carbocycles. The number of aryl methyl sites for hydroxylation is 1. The summed E-state index contributed by atoms with van der Waals surface area (Å²) < 4.78 is 19.5. The molecule has 0 bridgehead atoms. The minimum atomic E-state index is -0.414. The SMILES string of the molecule is Cc1cnccc1OCC1CCN(CC(=O)Nc2ccccc2F)CC1. The van der Waals surface area contributed by atoms with Crippen molar-refractivity contribution in [1.29, 1.82) is 0 Å². The van der Waals surface area contributed by atoms with E-state index in [-0.39, 0.29) is 18.1 Å². The molecule has 1 N–H and O–H groups in total. The summed E-state index contributed by atoms with van der Waals surface area (Å²) in [6.07, 6.45) is 5.50. The second-order valence-electron chi connectivity index (χ2n) is 6.70. The lowest BCUT2D eigenvalue weighted by Crippen LogP contribution is -2.40. The van der Waals surface area contributed by atoms with E-state index in [2.05, 4.69) is 15.2 Å². The molecule has 2 heterocycles. The Hall–Kier alpha value is -2.47. The van der Waals surface area contributed by atoms with E-state index in [9.17, 15) is 9.18 Å². The maximum Gasteiger partial charge on any atom is 0.238 e. The molecule has 2 aromatic rings. The first-order valence-electron chi connectivity index (χ1n) is 8.92. The van der Waals surface area contributed by atoms with Crippen LogP contribution in [0.3, 0.4) is 0 Å². The van der Waals surface area contributed by atoms with Crippen LogP contribution in [0.25, 0.3) is 0 Å². The number of likely N-dealkylation sites (tertiary alicyclic amines) is 1. The number of rotatable bonds is 6. The zero-order chi connectivity index (χ0) is 18.4. The summed E-state index contributed by atoms with van der Waals surface area (Å²) in [5.41, 5.74) is 1.27. The van der Waals surface area contributed by atoms with Crippen molar-refractivity contribution in [1.82, 2.24) is 9.88 Å². The van der Waals surface area contributed by atoms with Crippen LogP contribution in [0.2, 0.25) is 0 Å². The van der Waals surface area contributed by atoms with E-state index in [1.807, 2.05) is 13.0 Å². The summed E-state index contributed by atoms with van der Waals surface area (Å²) in [7, 11) is 0. The molecule has 1 amide bonds. The molecule has 1 fully saturated rings. The Morgan fingerprint density at radius 2 is 2.08 bits per heavy atom. The molecule has 1 saturated heterocycles. The summed E-state index contributed by atoms with van der Waals surface area (Å²) in [6, 6.07) is 8.10. The zero-order valence-electron chi connectivity index (χ0n) is 15.0. The van der Waals surface area contributed by atoms with Gasteiger partial charge in [-0.05, 0) is 57.0 Å². The van der Waals surface area contributed by atoms with Crippen LogP contribution in [0.4, 0.5) is 10.1 Å². The average Bonchev–Trinajstić information content (AvgIpc) is 2.64. The Morgan fingerprint density at radius 3 is 2.81 bits per heavy atom. The van der Waals surface area contributed by atoms with E-state index >= 15 is 0 Å². The number of carbonyl (C=O) groups is 1. The molecule has 5 nitrogen and oxygen atoms in total. The number of benzene rings is 1. The van der Waals surface area contributed by atoms with Gasteiger partial charge in [0.2, 0.25) is 5.91 Å². The summed E-state index contributed by atoms with van der Waals surface area (Å²) >= 11 is 0. The molecule has 0 saturated carbocycles. The monoisotopic (exact) mass is 357 g/mol. The van der Waals surface area contributed by atoms with Gasteiger partial charge in [-0.1, -0.05) is 12.1 Å². The Labute approximate surface area is 153 Å². The van der Waals surface area contributed by atoms with E-state index in [0.717, 1.165) is 37.2 Å². The first-order valence-corrected chi connectivity index (χ1v) is 8.92. The van der Waals surface area contributed by atoms with Gasteiger partial charge in [0.05, 0.1) is 18.8 Å². The lowest BCUT2D eigenvalue weighted by atomic mass is 9.98. The number of pyridine rings is 1. The highest BCUT2D eigenvalue weighted by Gasteiger charge is 2.21. The number of nitrogens with zero attached hydrogens (tertiary/aromatic N) is 2. The van der Waals surface area contributed by atoms with Crippen LogP contribution in [-0.4, -0.2) is 42.0 Å². The minimum Gasteiger partial charge on any atom is -0.493 e. The summed E-state index contributed by atoms with van der Waals surface area (Å²) in [4.78, 5) is 18.3. The third-order valence-corrected chi connectivity index (χ3v) is 4.67. The van der Waals surface area contributed by atoms with Gasteiger partial charge in [-0.2, -0.15) is 0 Å². The van der Waals surface area contributed by atoms with Gasteiger partial charge in [-0.15, -0.1) is 0 Å². The van der Waals surface area contributed by atoms with Crippen molar-refractivity contribution in [2.45, 2.75) is 19.8 Å². The predicted molar refractivity (Wildman–Crippen MR) is 98.7 cm³/mol. The number of anilines is 1. The number of amides is 1. The van der Waals surface area contributed by atoms with Crippen LogP contribution in [0.5, 0.6) is 5.75 Å². The van der Waals surface area contributed by atoms with Gasteiger partial charge in [0.25, 0.3) is 0 Å².